The lowest BCUT2D eigenvalue weighted by Gasteiger charge is -2.36. The van der Waals surface area contributed by atoms with E-state index < -0.39 is 17.7 Å². The van der Waals surface area contributed by atoms with Crippen LogP contribution in [0.15, 0.2) is 29.2 Å². The molecule has 36 heavy (non-hydrogen) atoms. The van der Waals surface area contributed by atoms with Gasteiger partial charge in [0.15, 0.2) is 0 Å². The van der Waals surface area contributed by atoms with Crippen LogP contribution in [0.25, 0.3) is 10.8 Å². The molecule has 0 saturated carbocycles. The second-order valence-electron chi connectivity index (χ2n) is 10.3. The molecule has 0 aliphatic carbocycles. The predicted molar refractivity (Wildman–Crippen MR) is 135 cm³/mol. The quantitative estimate of drug-likeness (QED) is 0.593. The van der Waals surface area contributed by atoms with E-state index in [4.69, 9.17) is 4.74 Å². The molecular weight excluding hydrogens is 464 g/mol. The molecule has 2 aliphatic rings. The summed E-state index contributed by atoms with van der Waals surface area (Å²) in [5, 5.41) is 10.7. The fourth-order valence-corrected chi connectivity index (χ4v) is 4.56. The van der Waals surface area contributed by atoms with Crippen LogP contribution in [0, 0.1) is 0 Å². The molecule has 194 valence electrons. The first kappa shape index (κ1) is 25.6. The SMILES string of the molecule is CC(C)(C)OC(=O)NCCN1CCN(c2ccc3c(=O)n(C4CCC(=O)NC(=O)C4)ncc3c2)CC1. The Hall–Kier alpha value is -3.47. The molecule has 11 nitrogen and oxygen atoms in total. The van der Waals surface area contributed by atoms with E-state index in [0.717, 1.165) is 43.8 Å². The summed E-state index contributed by atoms with van der Waals surface area (Å²) < 4.78 is 6.60. The molecule has 2 fully saturated rings. The van der Waals surface area contributed by atoms with Crippen molar-refractivity contribution in [2.45, 2.75) is 51.7 Å². The van der Waals surface area contributed by atoms with Crippen LogP contribution in [-0.4, -0.2) is 77.5 Å². The minimum atomic E-state index is -0.510. The highest BCUT2D eigenvalue weighted by Crippen LogP contribution is 2.23. The summed E-state index contributed by atoms with van der Waals surface area (Å²) in [5.41, 5.74) is 0.255. The van der Waals surface area contributed by atoms with Crippen LogP contribution in [0.1, 0.15) is 46.1 Å². The maximum Gasteiger partial charge on any atom is 0.407 e. The standard InChI is InChI=1S/C25H34N6O5/c1-25(2,3)36-24(35)26-8-9-29-10-12-30(13-11-29)18-4-6-20-17(14-18)16-27-31(23(20)34)19-5-7-21(32)28-22(33)15-19/h4,6,14,16,19H,5,7-13,15H2,1-3H3,(H,26,35)(H,28,32,33). The minimum absolute atomic E-state index is 0.0554. The molecule has 3 heterocycles. The van der Waals surface area contributed by atoms with Crippen LogP contribution in [0.5, 0.6) is 0 Å². The van der Waals surface area contributed by atoms with Crippen LogP contribution >= 0.6 is 0 Å². The third-order valence-corrected chi connectivity index (χ3v) is 6.38. The fourth-order valence-electron chi connectivity index (χ4n) is 4.56. The topological polar surface area (TPSA) is 126 Å². The Balaban J connectivity index is 1.35. The third kappa shape index (κ3) is 6.39. The summed E-state index contributed by atoms with van der Waals surface area (Å²) in [5.74, 6) is -0.702. The molecular formula is C25H34N6O5. The van der Waals surface area contributed by atoms with Crippen molar-refractivity contribution in [3.05, 3.63) is 34.7 Å². The van der Waals surface area contributed by atoms with Crippen molar-refractivity contribution in [1.82, 2.24) is 25.3 Å². The highest BCUT2D eigenvalue weighted by atomic mass is 16.6. The lowest BCUT2D eigenvalue weighted by molar-refractivity contribution is -0.129. The summed E-state index contributed by atoms with van der Waals surface area (Å²) in [6.45, 7) is 10.2. The number of anilines is 1. The summed E-state index contributed by atoms with van der Waals surface area (Å²) >= 11 is 0. The Morgan fingerprint density at radius 3 is 2.61 bits per heavy atom. The zero-order valence-electron chi connectivity index (χ0n) is 21.1. The van der Waals surface area contributed by atoms with Crippen LogP contribution in [0.4, 0.5) is 10.5 Å². The molecule has 2 aromatic rings. The van der Waals surface area contributed by atoms with Gasteiger partial charge < -0.3 is 15.0 Å². The largest absolute Gasteiger partial charge is 0.444 e. The Kier molecular flexibility index (Phi) is 7.58. The summed E-state index contributed by atoms with van der Waals surface area (Å²) in [7, 11) is 0. The number of fused-ring (bicyclic) bond motifs is 1. The van der Waals surface area contributed by atoms with Gasteiger partial charge in [-0.3, -0.25) is 24.6 Å². The van der Waals surface area contributed by atoms with Crippen molar-refractivity contribution in [1.29, 1.82) is 0 Å². The average Bonchev–Trinajstić information content (AvgIpc) is 2.98. The maximum atomic E-state index is 13.1. The van der Waals surface area contributed by atoms with E-state index in [1.807, 2.05) is 39.0 Å². The van der Waals surface area contributed by atoms with Crippen molar-refractivity contribution < 1.29 is 19.1 Å². The lowest BCUT2D eigenvalue weighted by atomic mass is 10.1. The number of hydrogen-bond acceptors (Lipinski definition) is 8. The van der Waals surface area contributed by atoms with Crippen molar-refractivity contribution >= 4 is 34.4 Å². The molecule has 0 bridgehead atoms. The van der Waals surface area contributed by atoms with Crippen molar-refractivity contribution in [2.75, 3.05) is 44.2 Å². The van der Waals surface area contributed by atoms with Crippen LogP contribution in [0.3, 0.4) is 0 Å². The van der Waals surface area contributed by atoms with Crippen LogP contribution in [0.2, 0.25) is 0 Å². The number of amides is 3. The van der Waals surface area contributed by atoms with E-state index in [2.05, 4.69) is 25.5 Å². The predicted octanol–water partition coefficient (Wildman–Crippen LogP) is 1.41. The molecule has 0 spiro atoms. The molecule has 2 aliphatic heterocycles. The highest BCUT2D eigenvalue weighted by molar-refractivity contribution is 5.96. The van der Waals surface area contributed by atoms with E-state index in [-0.39, 0.29) is 30.2 Å². The number of alkyl carbamates (subject to hydrolysis) is 1. The Morgan fingerprint density at radius 2 is 1.89 bits per heavy atom. The first-order valence-corrected chi connectivity index (χ1v) is 12.4. The summed E-state index contributed by atoms with van der Waals surface area (Å²) in [6.07, 6.45) is 1.89. The van der Waals surface area contributed by atoms with Crippen LogP contribution in [-0.2, 0) is 14.3 Å². The fraction of sp³-hybridized carbons (Fsp3) is 0.560. The van der Waals surface area contributed by atoms with Crippen molar-refractivity contribution in [2.24, 2.45) is 0 Å². The number of carbonyl (C=O) groups is 3. The second kappa shape index (κ2) is 10.7. The van der Waals surface area contributed by atoms with E-state index in [1.54, 1.807) is 6.20 Å². The van der Waals surface area contributed by atoms with E-state index in [9.17, 15) is 19.2 Å². The molecule has 3 amide bonds. The van der Waals surface area contributed by atoms with Crippen LogP contribution < -0.4 is 21.1 Å². The average molecular weight is 499 g/mol. The van der Waals surface area contributed by atoms with Gasteiger partial charge in [-0.05, 0) is 45.4 Å². The summed E-state index contributed by atoms with van der Waals surface area (Å²) in [6, 6.07) is 5.28. The van der Waals surface area contributed by atoms with E-state index in [1.165, 1.54) is 4.68 Å². The maximum absolute atomic E-state index is 13.1. The number of benzene rings is 1. The highest BCUT2D eigenvalue weighted by Gasteiger charge is 2.25. The zero-order valence-corrected chi connectivity index (χ0v) is 21.1. The van der Waals surface area contributed by atoms with Gasteiger partial charge in [0.05, 0.1) is 17.6 Å². The monoisotopic (exact) mass is 498 g/mol. The first-order valence-electron chi connectivity index (χ1n) is 12.4. The number of imide groups is 1. The first-order chi connectivity index (χ1) is 17.1. The van der Waals surface area contributed by atoms with E-state index in [0.29, 0.717) is 18.4 Å². The Morgan fingerprint density at radius 1 is 1.14 bits per heavy atom. The van der Waals surface area contributed by atoms with Gasteiger partial charge in [-0.25, -0.2) is 9.48 Å². The van der Waals surface area contributed by atoms with Gasteiger partial charge >= 0.3 is 6.09 Å². The Bertz CT molecular complexity index is 1200. The number of piperazine rings is 1. The molecule has 1 aromatic carbocycles. The van der Waals surface area contributed by atoms with Gasteiger partial charge in [0.25, 0.3) is 5.56 Å². The van der Waals surface area contributed by atoms with Gasteiger partial charge in [-0.15, -0.1) is 0 Å². The van der Waals surface area contributed by atoms with Gasteiger partial charge in [-0.1, -0.05) is 0 Å². The smallest absolute Gasteiger partial charge is 0.407 e. The number of aromatic nitrogens is 2. The number of nitrogens with zero attached hydrogens (tertiary/aromatic N) is 4. The van der Waals surface area contributed by atoms with Gasteiger partial charge in [0.2, 0.25) is 11.8 Å². The normalized spacial score (nSPS) is 19.6. The van der Waals surface area contributed by atoms with E-state index >= 15 is 0 Å². The second-order valence-corrected chi connectivity index (χ2v) is 10.3. The third-order valence-electron chi connectivity index (χ3n) is 6.38. The van der Waals surface area contributed by atoms with Gasteiger partial charge in [0, 0.05) is 63.2 Å². The minimum Gasteiger partial charge on any atom is -0.444 e. The van der Waals surface area contributed by atoms with Gasteiger partial charge in [0.1, 0.15) is 5.60 Å². The molecule has 4 rings (SSSR count). The molecule has 1 atom stereocenters. The molecule has 1 aromatic heterocycles. The van der Waals surface area contributed by atoms with Crippen molar-refractivity contribution in [3.8, 4) is 0 Å². The molecule has 2 saturated heterocycles. The number of nitrogens with one attached hydrogen (secondary N) is 2. The van der Waals surface area contributed by atoms with Gasteiger partial charge in [-0.2, -0.15) is 5.10 Å². The molecule has 1 unspecified atom stereocenters. The number of rotatable bonds is 5. The lowest BCUT2D eigenvalue weighted by Crippen LogP contribution is -2.48. The Labute approximate surface area is 209 Å². The summed E-state index contributed by atoms with van der Waals surface area (Å²) in [4.78, 5) is 53.0. The number of carbonyl (C=O) groups excluding carboxylic acids is 3. The molecule has 11 heteroatoms. The van der Waals surface area contributed by atoms with Crippen molar-refractivity contribution in [3.63, 3.8) is 0 Å². The molecule has 0 radical (unpaired) electrons. The molecule has 2 N–H and O–H groups in total. The zero-order chi connectivity index (χ0) is 25.9. The number of hydrogen-bond donors (Lipinski definition) is 2. The number of ether oxygens (including phenoxy) is 1.